The molecule has 0 spiro atoms. The van der Waals surface area contributed by atoms with Crippen LogP contribution in [0.2, 0.25) is 0 Å². The van der Waals surface area contributed by atoms with Crippen LogP contribution in [0.5, 0.6) is 0 Å². The van der Waals surface area contributed by atoms with E-state index in [1.165, 1.54) is 12.0 Å². The van der Waals surface area contributed by atoms with Crippen molar-refractivity contribution in [2.45, 2.75) is 32.7 Å². The molecule has 0 bridgehead atoms. The maximum Gasteiger partial charge on any atom is 0.0107 e. The zero-order valence-electron chi connectivity index (χ0n) is 9.46. The van der Waals surface area contributed by atoms with Crippen LogP contribution in [-0.4, -0.2) is 13.1 Å². The predicted octanol–water partition coefficient (Wildman–Crippen LogP) is 2.86. The highest BCUT2D eigenvalue weighted by molar-refractivity contribution is 5.15. The zero-order chi connectivity index (χ0) is 10.4. The Morgan fingerprint density at radius 1 is 1.14 bits per heavy atom. The van der Waals surface area contributed by atoms with Crippen LogP contribution in [0.25, 0.3) is 0 Å². The minimum atomic E-state index is 0.609. The molecule has 1 aromatic carbocycles. The van der Waals surface area contributed by atoms with Crippen LogP contribution in [0.3, 0.4) is 0 Å². The lowest BCUT2D eigenvalue weighted by Crippen LogP contribution is -2.29. The second-order valence-electron chi connectivity index (χ2n) is 4.30. The summed E-state index contributed by atoms with van der Waals surface area (Å²) in [5, 5.41) is 3.38. The van der Waals surface area contributed by atoms with Gasteiger partial charge in [0.05, 0.1) is 0 Å². The fourth-order valence-corrected chi connectivity index (χ4v) is 1.77. The Morgan fingerprint density at radius 3 is 2.29 bits per heavy atom. The summed E-state index contributed by atoms with van der Waals surface area (Å²) in [6, 6.07) is 11.3. The van der Waals surface area contributed by atoms with E-state index in [-0.39, 0.29) is 0 Å². The molecule has 1 heteroatoms. The number of likely N-dealkylation sites (N-methyl/N-ethyl adjacent to an activating group) is 1. The lowest BCUT2D eigenvalue weighted by molar-refractivity contribution is 0.441. The van der Waals surface area contributed by atoms with Crippen molar-refractivity contribution in [2.24, 2.45) is 5.92 Å². The highest BCUT2D eigenvalue weighted by atomic mass is 14.9. The molecule has 0 aliphatic carbocycles. The van der Waals surface area contributed by atoms with E-state index in [0.717, 1.165) is 12.3 Å². The van der Waals surface area contributed by atoms with Crippen molar-refractivity contribution in [3.63, 3.8) is 0 Å². The summed E-state index contributed by atoms with van der Waals surface area (Å²) < 4.78 is 0. The normalized spacial score (nSPS) is 13.1. The van der Waals surface area contributed by atoms with Crippen LogP contribution in [0.1, 0.15) is 25.8 Å². The third-order valence-corrected chi connectivity index (χ3v) is 2.49. The average Bonchev–Trinajstić information content (AvgIpc) is 2.17. The number of hydrogen-bond donors (Lipinski definition) is 1. The minimum Gasteiger partial charge on any atom is -0.317 e. The Labute approximate surface area is 87.5 Å². The molecule has 0 aliphatic heterocycles. The van der Waals surface area contributed by atoms with Gasteiger partial charge in [0.1, 0.15) is 0 Å². The first-order valence-corrected chi connectivity index (χ1v) is 5.43. The maximum atomic E-state index is 3.38. The molecule has 1 N–H and O–H groups in total. The molecule has 0 radical (unpaired) electrons. The van der Waals surface area contributed by atoms with Gasteiger partial charge >= 0.3 is 0 Å². The summed E-state index contributed by atoms with van der Waals surface area (Å²) in [5.41, 5.74) is 1.42. The first-order valence-electron chi connectivity index (χ1n) is 5.43. The lowest BCUT2D eigenvalue weighted by Gasteiger charge is -2.18. The van der Waals surface area contributed by atoms with Crippen LogP contribution in [0.15, 0.2) is 30.3 Å². The number of hydrogen-bond acceptors (Lipinski definition) is 1. The van der Waals surface area contributed by atoms with Gasteiger partial charge in [-0.15, -0.1) is 0 Å². The third kappa shape index (κ3) is 3.93. The van der Waals surface area contributed by atoms with E-state index in [4.69, 9.17) is 0 Å². The fourth-order valence-electron chi connectivity index (χ4n) is 1.77. The predicted molar refractivity (Wildman–Crippen MR) is 62.4 cm³/mol. The van der Waals surface area contributed by atoms with Gasteiger partial charge in [-0.05, 0) is 31.4 Å². The van der Waals surface area contributed by atoms with Crippen LogP contribution in [-0.2, 0) is 6.42 Å². The summed E-state index contributed by atoms with van der Waals surface area (Å²) in [6.45, 7) is 4.55. The van der Waals surface area contributed by atoms with Gasteiger partial charge in [0, 0.05) is 6.04 Å². The van der Waals surface area contributed by atoms with Gasteiger partial charge in [0.15, 0.2) is 0 Å². The largest absolute Gasteiger partial charge is 0.317 e. The molecule has 0 aliphatic rings. The molecular formula is C13H21N. The van der Waals surface area contributed by atoms with Crippen molar-refractivity contribution in [1.29, 1.82) is 0 Å². The van der Waals surface area contributed by atoms with E-state index >= 15 is 0 Å². The number of nitrogens with one attached hydrogen (secondary N) is 1. The first-order chi connectivity index (χ1) is 6.72. The monoisotopic (exact) mass is 191 g/mol. The molecule has 14 heavy (non-hydrogen) atoms. The molecule has 1 rings (SSSR count). The van der Waals surface area contributed by atoms with Crippen LogP contribution in [0, 0.1) is 5.92 Å². The summed E-state index contributed by atoms with van der Waals surface area (Å²) in [7, 11) is 2.05. The number of benzene rings is 1. The fraction of sp³-hybridized carbons (Fsp3) is 0.538. The molecule has 1 atom stereocenters. The van der Waals surface area contributed by atoms with Gasteiger partial charge < -0.3 is 5.32 Å². The molecule has 1 nitrogen and oxygen atoms in total. The lowest BCUT2D eigenvalue weighted by atomic mass is 9.97. The standard InChI is InChI=1S/C13H21N/c1-11(2)9-13(14-3)10-12-7-5-4-6-8-12/h4-8,11,13-14H,9-10H2,1-3H3/t13-/m1/s1. The van der Waals surface area contributed by atoms with E-state index in [1.54, 1.807) is 0 Å². The van der Waals surface area contributed by atoms with Crippen LogP contribution >= 0.6 is 0 Å². The van der Waals surface area contributed by atoms with E-state index < -0.39 is 0 Å². The van der Waals surface area contributed by atoms with Crippen LogP contribution < -0.4 is 5.32 Å². The molecule has 0 unspecified atom stereocenters. The first kappa shape index (κ1) is 11.3. The summed E-state index contributed by atoms with van der Waals surface area (Å²) >= 11 is 0. The van der Waals surface area contributed by atoms with Gasteiger partial charge in [0.25, 0.3) is 0 Å². The van der Waals surface area contributed by atoms with Crippen molar-refractivity contribution in [3.05, 3.63) is 35.9 Å². The van der Waals surface area contributed by atoms with Gasteiger partial charge in [-0.3, -0.25) is 0 Å². The molecule has 1 aromatic rings. The Hall–Kier alpha value is -0.820. The van der Waals surface area contributed by atoms with Gasteiger partial charge in [-0.2, -0.15) is 0 Å². The molecule has 0 amide bonds. The SMILES string of the molecule is CN[C@@H](Cc1ccccc1)CC(C)C. The molecular weight excluding hydrogens is 170 g/mol. The Kier molecular flexibility index (Phi) is 4.68. The van der Waals surface area contributed by atoms with E-state index in [2.05, 4.69) is 56.5 Å². The van der Waals surface area contributed by atoms with E-state index in [9.17, 15) is 0 Å². The molecule has 0 aromatic heterocycles. The summed E-state index contributed by atoms with van der Waals surface area (Å²) in [4.78, 5) is 0. The molecule has 0 heterocycles. The van der Waals surface area contributed by atoms with E-state index in [0.29, 0.717) is 6.04 Å². The minimum absolute atomic E-state index is 0.609. The number of rotatable bonds is 5. The second kappa shape index (κ2) is 5.82. The molecule has 0 fully saturated rings. The molecule has 78 valence electrons. The average molecular weight is 191 g/mol. The van der Waals surface area contributed by atoms with Crippen molar-refractivity contribution in [3.8, 4) is 0 Å². The second-order valence-corrected chi connectivity index (χ2v) is 4.30. The Morgan fingerprint density at radius 2 is 1.79 bits per heavy atom. The summed E-state index contributed by atoms with van der Waals surface area (Å²) in [5.74, 6) is 0.760. The maximum absolute atomic E-state index is 3.38. The van der Waals surface area contributed by atoms with Crippen molar-refractivity contribution >= 4 is 0 Å². The van der Waals surface area contributed by atoms with Gasteiger partial charge in [0.2, 0.25) is 0 Å². The van der Waals surface area contributed by atoms with Crippen molar-refractivity contribution in [2.75, 3.05) is 7.05 Å². The highest BCUT2D eigenvalue weighted by Crippen LogP contribution is 2.10. The molecule has 0 saturated heterocycles. The van der Waals surface area contributed by atoms with Gasteiger partial charge in [-0.25, -0.2) is 0 Å². The van der Waals surface area contributed by atoms with E-state index in [1.807, 2.05) is 0 Å². The van der Waals surface area contributed by atoms with Crippen molar-refractivity contribution in [1.82, 2.24) is 5.32 Å². The molecule has 0 saturated carbocycles. The zero-order valence-corrected chi connectivity index (χ0v) is 9.46. The smallest absolute Gasteiger partial charge is 0.0107 e. The Balaban J connectivity index is 2.48. The van der Waals surface area contributed by atoms with Crippen molar-refractivity contribution < 1.29 is 0 Å². The summed E-state index contributed by atoms with van der Waals surface area (Å²) in [6.07, 6.45) is 2.38. The third-order valence-electron chi connectivity index (χ3n) is 2.49. The Bertz CT molecular complexity index is 241. The van der Waals surface area contributed by atoms with Crippen LogP contribution in [0.4, 0.5) is 0 Å². The quantitative estimate of drug-likeness (QED) is 0.754. The highest BCUT2D eigenvalue weighted by Gasteiger charge is 2.08. The topological polar surface area (TPSA) is 12.0 Å². The van der Waals surface area contributed by atoms with Gasteiger partial charge in [-0.1, -0.05) is 44.2 Å².